The van der Waals surface area contributed by atoms with Gasteiger partial charge in [-0.2, -0.15) is 0 Å². The number of nitrogens with zero attached hydrogens (tertiary/aromatic N) is 3. The number of nitro groups is 1. The molecule has 1 aliphatic heterocycles. The highest BCUT2D eigenvalue weighted by Gasteiger charge is 2.35. The summed E-state index contributed by atoms with van der Waals surface area (Å²) >= 11 is 13.6. The normalized spacial score (nSPS) is 14.7. The fraction of sp³-hybridized carbons (Fsp3) is 0.0938. The van der Waals surface area contributed by atoms with Gasteiger partial charge in [-0.25, -0.2) is 9.79 Å². The van der Waals surface area contributed by atoms with Crippen molar-refractivity contribution in [3.8, 4) is 11.3 Å². The van der Waals surface area contributed by atoms with Gasteiger partial charge in [0.25, 0.3) is 11.2 Å². The average Bonchev–Trinajstić information content (AvgIpc) is 3.62. The van der Waals surface area contributed by atoms with E-state index in [-0.39, 0.29) is 33.5 Å². The van der Waals surface area contributed by atoms with Gasteiger partial charge < -0.3 is 9.15 Å². The van der Waals surface area contributed by atoms with Crippen LogP contribution < -0.4 is 14.9 Å². The molecule has 0 saturated heterocycles. The minimum absolute atomic E-state index is 0.0872. The Morgan fingerprint density at radius 1 is 1.07 bits per heavy atom. The molecule has 3 aromatic carbocycles. The molecular formula is C32H21Cl2N3O6S. The van der Waals surface area contributed by atoms with Crippen molar-refractivity contribution in [2.45, 2.75) is 13.0 Å². The van der Waals surface area contributed by atoms with Gasteiger partial charge in [-0.3, -0.25) is 19.5 Å². The number of hydrogen-bond donors (Lipinski definition) is 0. The number of fused-ring (bicyclic) bond motifs is 1. The molecular weight excluding hydrogens is 625 g/mol. The summed E-state index contributed by atoms with van der Waals surface area (Å²) in [5.41, 5.74) is 1.78. The molecule has 44 heavy (non-hydrogen) atoms. The molecule has 0 fully saturated rings. The number of thiazole rings is 1. The van der Waals surface area contributed by atoms with Gasteiger partial charge >= 0.3 is 5.97 Å². The van der Waals surface area contributed by atoms with Crippen molar-refractivity contribution in [2.75, 3.05) is 6.61 Å². The van der Waals surface area contributed by atoms with Crippen molar-refractivity contribution < 1.29 is 18.9 Å². The van der Waals surface area contributed by atoms with Gasteiger partial charge in [0.05, 0.1) is 38.4 Å². The van der Waals surface area contributed by atoms with Crippen molar-refractivity contribution in [3.63, 3.8) is 0 Å². The number of halogens is 2. The summed E-state index contributed by atoms with van der Waals surface area (Å²) in [6, 6.07) is 23.5. The third kappa shape index (κ3) is 5.39. The van der Waals surface area contributed by atoms with E-state index < -0.39 is 16.9 Å². The molecule has 220 valence electrons. The molecule has 0 N–H and O–H groups in total. The maximum absolute atomic E-state index is 14.0. The van der Waals surface area contributed by atoms with Crippen LogP contribution in [0.2, 0.25) is 10.0 Å². The highest BCUT2D eigenvalue weighted by atomic mass is 35.5. The molecule has 0 spiro atoms. The average molecular weight is 647 g/mol. The Kier molecular flexibility index (Phi) is 8.05. The van der Waals surface area contributed by atoms with Crippen molar-refractivity contribution in [3.05, 3.63) is 147 Å². The summed E-state index contributed by atoms with van der Waals surface area (Å²) in [5.74, 6) is 0.0801. The third-order valence-electron chi connectivity index (χ3n) is 6.89. The first-order valence-electron chi connectivity index (χ1n) is 13.3. The molecule has 0 radical (unpaired) electrons. The standard InChI is InChI=1S/C32H21Cl2N3O6S/c1-2-42-31(39)27-28(18-9-5-3-6-10-18)35-32-36(29(27)19-11-7-4-8-12-19)30(38)26(44-32)15-20-13-14-25(43-20)21-16-23(34)24(37(40)41)17-22(21)33/h3-17,29H,2H2,1H3/b26-15+. The number of ether oxygens (including phenoxy) is 1. The lowest BCUT2D eigenvalue weighted by Gasteiger charge is -2.25. The number of hydrogen-bond acceptors (Lipinski definition) is 8. The second-order valence-electron chi connectivity index (χ2n) is 9.58. The number of aromatic nitrogens is 1. The lowest BCUT2D eigenvalue weighted by atomic mass is 9.93. The number of carbonyl (C=O) groups excluding carboxylic acids is 1. The Bertz CT molecular complexity index is 2140. The Labute approximate surface area is 263 Å². The van der Waals surface area contributed by atoms with Crippen LogP contribution in [0.3, 0.4) is 0 Å². The fourth-order valence-electron chi connectivity index (χ4n) is 4.96. The summed E-state index contributed by atoms with van der Waals surface area (Å²) in [6.45, 7) is 1.88. The van der Waals surface area contributed by atoms with Crippen molar-refractivity contribution in [2.24, 2.45) is 4.99 Å². The van der Waals surface area contributed by atoms with E-state index in [0.29, 0.717) is 37.7 Å². The van der Waals surface area contributed by atoms with E-state index in [1.165, 1.54) is 10.6 Å². The highest BCUT2D eigenvalue weighted by molar-refractivity contribution is 7.07. The molecule has 1 aliphatic rings. The zero-order valence-corrected chi connectivity index (χ0v) is 25.2. The molecule has 5 aromatic rings. The van der Waals surface area contributed by atoms with E-state index in [1.54, 1.807) is 25.1 Å². The van der Waals surface area contributed by atoms with Crippen LogP contribution in [0.4, 0.5) is 5.69 Å². The summed E-state index contributed by atoms with van der Waals surface area (Å²) in [6.07, 6.45) is 1.58. The van der Waals surface area contributed by atoms with E-state index in [2.05, 4.69) is 0 Å². The summed E-state index contributed by atoms with van der Waals surface area (Å²) in [7, 11) is 0. The van der Waals surface area contributed by atoms with Crippen molar-refractivity contribution in [1.29, 1.82) is 0 Å². The first kappa shape index (κ1) is 29.3. The zero-order chi connectivity index (χ0) is 31.0. The SMILES string of the molecule is CCOC(=O)C1=C(c2ccccc2)N=c2s/c(=C/c3ccc(-c4cc(Cl)c([N+](=O)[O-])cc4Cl)o3)c(=O)n2C1c1ccccc1. The lowest BCUT2D eigenvalue weighted by Crippen LogP contribution is -2.39. The maximum Gasteiger partial charge on any atom is 0.338 e. The van der Waals surface area contributed by atoms with E-state index >= 15 is 0 Å². The third-order valence-corrected chi connectivity index (χ3v) is 8.49. The first-order chi connectivity index (χ1) is 21.3. The van der Waals surface area contributed by atoms with Crippen LogP contribution in [-0.2, 0) is 9.53 Å². The monoisotopic (exact) mass is 645 g/mol. The van der Waals surface area contributed by atoms with Gasteiger partial charge in [0.2, 0.25) is 0 Å². The molecule has 2 aromatic heterocycles. The van der Waals surface area contributed by atoms with Crippen LogP contribution >= 0.6 is 34.5 Å². The minimum atomic E-state index is -0.794. The molecule has 9 nitrogen and oxygen atoms in total. The lowest BCUT2D eigenvalue weighted by molar-refractivity contribution is -0.384. The predicted molar refractivity (Wildman–Crippen MR) is 168 cm³/mol. The Morgan fingerprint density at radius 3 is 2.45 bits per heavy atom. The van der Waals surface area contributed by atoms with Gasteiger partial charge in [-0.1, -0.05) is 95.2 Å². The van der Waals surface area contributed by atoms with Crippen LogP contribution in [-0.4, -0.2) is 22.1 Å². The maximum atomic E-state index is 14.0. The van der Waals surface area contributed by atoms with Crippen LogP contribution in [0.5, 0.6) is 0 Å². The van der Waals surface area contributed by atoms with Crippen molar-refractivity contribution >= 4 is 58.0 Å². The molecule has 1 atom stereocenters. The molecule has 0 bridgehead atoms. The first-order valence-corrected chi connectivity index (χ1v) is 14.9. The number of carbonyl (C=O) groups is 1. The number of nitro benzene ring substituents is 1. The van der Waals surface area contributed by atoms with Crippen LogP contribution in [0, 0.1) is 10.1 Å². The largest absolute Gasteiger partial charge is 0.463 e. The number of esters is 1. The van der Waals surface area contributed by atoms with E-state index in [0.717, 1.165) is 23.0 Å². The molecule has 0 amide bonds. The smallest absolute Gasteiger partial charge is 0.338 e. The topological polar surface area (TPSA) is 117 Å². The summed E-state index contributed by atoms with van der Waals surface area (Å²) in [5, 5.41) is 11.2. The Balaban J connectivity index is 1.52. The zero-order valence-electron chi connectivity index (χ0n) is 22.9. The Morgan fingerprint density at radius 2 is 1.77 bits per heavy atom. The molecule has 12 heteroatoms. The Hall–Kier alpha value is -4.77. The number of furan rings is 1. The summed E-state index contributed by atoms with van der Waals surface area (Å²) < 4.78 is 13.3. The predicted octanol–water partition coefficient (Wildman–Crippen LogP) is 6.41. The number of benzene rings is 3. The van der Waals surface area contributed by atoms with Crippen LogP contribution in [0.15, 0.2) is 105 Å². The van der Waals surface area contributed by atoms with Crippen molar-refractivity contribution in [1.82, 2.24) is 4.57 Å². The van der Waals surface area contributed by atoms with Gasteiger partial charge in [-0.05, 0) is 30.7 Å². The second kappa shape index (κ2) is 12.1. The molecule has 0 saturated carbocycles. The van der Waals surface area contributed by atoms with E-state index in [9.17, 15) is 19.7 Å². The highest BCUT2D eigenvalue weighted by Crippen LogP contribution is 2.38. The quantitative estimate of drug-likeness (QED) is 0.115. The van der Waals surface area contributed by atoms with Crippen LogP contribution in [0.1, 0.15) is 29.9 Å². The molecule has 6 rings (SSSR count). The van der Waals surface area contributed by atoms with Crippen LogP contribution in [0.25, 0.3) is 23.1 Å². The van der Waals surface area contributed by atoms with Gasteiger partial charge in [0.1, 0.15) is 16.5 Å². The molecule has 3 heterocycles. The molecule has 0 aliphatic carbocycles. The fourth-order valence-corrected chi connectivity index (χ4v) is 6.43. The number of rotatable bonds is 7. The second-order valence-corrected chi connectivity index (χ2v) is 11.4. The van der Waals surface area contributed by atoms with Gasteiger partial charge in [-0.15, -0.1) is 0 Å². The van der Waals surface area contributed by atoms with E-state index in [1.807, 2.05) is 60.7 Å². The molecule has 1 unspecified atom stereocenters. The van der Waals surface area contributed by atoms with Gasteiger partial charge in [0.15, 0.2) is 4.80 Å². The minimum Gasteiger partial charge on any atom is -0.463 e. The summed E-state index contributed by atoms with van der Waals surface area (Å²) in [4.78, 5) is 43.3. The van der Waals surface area contributed by atoms with Gasteiger partial charge in [0, 0.05) is 23.3 Å². The van der Waals surface area contributed by atoms with E-state index in [4.69, 9.17) is 37.3 Å².